The summed E-state index contributed by atoms with van der Waals surface area (Å²) in [5, 5.41) is 0.427. The zero-order valence-electron chi connectivity index (χ0n) is 12.2. The molecule has 3 aromatic rings. The van der Waals surface area contributed by atoms with Gasteiger partial charge in [0, 0.05) is 12.1 Å². The number of pyridine rings is 1. The molecular weight excluding hydrogens is 278 g/mol. The van der Waals surface area contributed by atoms with Gasteiger partial charge in [-0.3, -0.25) is 9.78 Å². The number of para-hydroxylation sites is 1. The third kappa shape index (κ3) is 2.26. The van der Waals surface area contributed by atoms with Gasteiger partial charge in [0.2, 0.25) is 0 Å². The Labute approximate surface area is 126 Å². The number of aromatic amines is 1. The Hall–Kier alpha value is -2.95. The smallest absolute Gasteiger partial charge is 0.291 e. The Bertz CT molecular complexity index is 969. The second kappa shape index (κ2) is 5.44. The van der Waals surface area contributed by atoms with Gasteiger partial charge < -0.3 is 0 Å². The molecular formula is C17H15N3O2. The van der Waals surface area contributed by atoms with Crippen molar-refractivity contribution in [2.24, 2.45) is 0 Å². The summed E-state index contributed by atoms with van der Waals surface area (Å²) in [5.41, 5.74) is 1.55. The monoisotopic (exact) mass is 293 g/mol. The van der Waals surface area contributed by atoms with Crippen LogP contribution in [-0.4, -0.2) is 14.5 Å². The highest BCUT2D eigenvalue weighted by Gasteiger charge is 2.13. The third-order valence-corrected chi connectivity index (χ3v) is 3.48. The summed E-state index contributed by atoms with van der Waals surface area (Å²) in [6.07, 6.45) is 2.32. The van der Waals surface area contributed by atoms with E-state index in [1.165, 1.54) is 0 Å². The first-order valence-corrected chi connectivity index (χ1v) is 6.93. The number of benzene rings is 1. The molecule has 0 bridgehead atoms. The first-order chi connectivity index (χ1) is 10.6. The maximum absolute atomic E-state index is 12.7. The van der Waals surface area contributed by atoms with E-state index < -0.39 is 5.69 Å². The SMILES string of the molecule is C=CCc1cc(C)c2c(=O)n(-c3ccccc3)c(=O)[nH]c2n1. The summed E-state index contributed by atoms with van der Waals surface area (Å²) >= 11 is 0. The Morgan fingerprint density at radius 2 is 2.00 bits per heavy atom. The van der Waals surface area contributed by atoms with Crippen LogP contribution in [0.15, 0.2) is 58.6 Å². The molecule has 0 aliphatic heterocycles. The molecule has 3 rings (SSSR count). The number of hydrogen-bond acceptors (Lipinski definition) is 3. The number of H-pyrrole nitrogens is 1. The molecule has 0 aliphatic rings. The largest absolute Gasteiger partial charge is 0.334 e. The molecule has 0 radical (unpaired) electrons. The van der Waals surface area contributed by atoms with Crippen LogP contribution < -0.4 is 11.2 Å². The second-order valence-electron chi connectivity index (χ2n) is 5.05. The molecule has 0 aliphatic carbocycles. The summed E-state index contributed by atoms with van der Waals surface area (Å²) in [6.45, 7) is 5.52. The molecule has 2 aromatic heterocycles. The molecule has 0 atom stereocenters. The summed E-state index contributed by atoms with van der Waals surface area (Å²) in [4.78, 5) is 32.0. The van der Waals surface area contributed by atoms with Crippen molar-refractivity contribution < 1.29 is 0 Å². The van der Waals surface area contributed by atoms with E-state index in [-0.39, 0.29) is 5.56 Å². The van der Waals surface area contributed by atoms with Gasteiger partial charge in [-0.25, -0.2) is 14.3 Å². The lowest BCUT2D eigenvalue weighted by Crippen LogP contribution is -2.34. The van der Waals surface area contributed by atoms with Gasteiger partial charge in [0.05, 0.1) is 11.1 Å². The van der Waals surface area contributed by atoms with E-state index in [0.29, 0.717) is 23.1 Å². The van der Waals surface area contributed by atoms with Crippen molar-refractivity contribution in [2.75, 3.05) is 0 Å². The van der Waals surface area contributed by atoms with E-state index in [1.807, 2.05) is 19.1 Å². The number of hydrogen-bond donors (Lipinski definition) is 1. The predicted molar refractivity (Wildman–Crippen MR) is 86.6 cm³/mol. The maximum atomic E-state index is 12.7. The average Bonchev–Trinajstić information content (AvgIpc) is 2.47. The van der Waals surface area contributed by atoms with Crippen LogP contribution in [0, 0.1) is 6.92 Å². The summed E-state index contributed by atoms with van der Waals surface area (Å²) in [6, 6.07) is 10.7. The van der Waals surface area contributed by atoms with E-state index >= 15 is 0 Å². The molecule has 0 amide bonds. The maximum Gasteiger partial charge on any atom is 0.334 e. The zero-order valence-corrected chi connectivity index (χ0v) is 12.2. The van der Waals surface area contributed by atoms with Crippen LogP contribution in [-0.2, 0) is 6.42 Å². The third-order valence-electron chi connectivity index (χ3n) is 3.48. The lowest BCUT2D eigenvalue weighted by Gasteiger charge is -2.08. The molecule has 1 N–H and O–H groups in total. The van der Waals surface area contributed by atoms with Gasteiger partial charge in [-0.05, 0) is 30.7 Å². The van der Waals surface area contributed by atoms with Crippen molar-refractivity contribution in [3.63, 3.8) is 0 Å². The van der Waals surface area contributed by atoms with Crippen molar-refractivity contribution >= 4 is 11.0 Å². The van der Waals surface area contributed by atoms with E-state index in [1.54, 1.807) is 30.3 Å². The Morgan fingerprint density at radius 3 is 2.68 bits per heavy atom. The number of fused-ring (bicyclic) bond motifs is 1. The molecule has 2 heterocycles. The van der Waals surface area contributed by atoms with Crippen molar-refractivity contribution in [1.82, 2.24) is 14.5 Å². The highest BCUT2D eigenvalue weighted by atomic mass is 16.2. The first-order valence-electron chi connectivity index (χ1n) is 6.93. The van der Waals surface area contributed by atoms with Crippen LogP contribution in [0.3, 0.4) is 0 Å². The van der Waals surface area contributed by atoms with Gasteiger partial charge in [-0.15, -0.1) is 6.58 Å². The second-order valence-corrected chi connectivity index (χ2v) is 5.05. The molecule has 0 spiro atoms. The molecule has 0 fully saturated rings. The molecule has 5 nitrogen and oxygen atoms in total. The average molecular weight is 293 g/mol. The topological polar surface area (TPSA) is 67.8 Å². The zero-order chi connectivity index (χ0) is 15.7. The Kier molecular flexibility index (Phi) is 3.47. The van der Waals surface area contributed by atoms with Crippen LogP contribution in [0.4, 0.5) is 0 Å². The number of aryl methyl sites for hydroxylation is 1. The van der Waals surface area contributed by atoms with Gasteiger partial charge >= 0.3 is 5.69 Å². The van der Waals surface area contributed by atoms with Crippen molar-refractivity contribution in [3.8, 4) is 5.69 Å². The number of nitrogens with zero attached hydrogens (tertiary/aromatic N) is 2. The molecule has 110 valence electrons. The summed E-state index contributed by atoms with van der Waals surface area (Å²) < 4.78 is 1.13. The highest BCUT2D eigenvalue weighted by Crippen LogP contribution is 2.13. The summed E-state index contributed by atoms with van der Waals surface area (Å²) in [5.74, 6) is 0. The van der Waals surface area contributed by atoms with E-state index in [4.69, 9.17) is 0 Å². The van der Waals surface area contributed by atoms with Crippen molar-refractivity contribution in [2.45, 2.75) is 13.3 Å². The van der Waals surface area contributed by atoms with Crippen LogP contribution in [0.1, 0.15) is 11.3 Å². The fourth-order valence-electron chi connectivity index (χ4n) is 2.53. The number of aromatic nitrogens is 3. The summed E-state index contributed by atoms with van der Waals surface area (Å²) in [7, 11) is 0. The molecule has 22 heavy (non-hydrogen) atoms. The molecule has 5 heteroatoms. The Balaban J connectivity index is 2.37. The van der Waals surface area contributed by atoms with Crippen LogP contribution >= 0.6 is 0 Å². The van der Waals surface area contributed by atoms with Gasteiger partial charge in [-0.2, -0.15) is 0 Å². The van der Waals surface area contributed by atoms with Crippen molar-refractivity contribution in [3.05, 3.63) is 81.1 Å². The minimum atomic E-state index is -0.494. The fraction of sp³-hybridized carbons (Fsp3) is 0.118. The lowest BCUT2D eigenvalue weighted by molar-refractivity contribution is 0.890. The van der Waals surface area contributed by atoms with E-state index in [9.17, 15) is 9.59 Å². The van der Waals surface area contributed by atoms with E-state index in [0.717, 1.165) is 15.8 Å². The fourth-order valence-corrected chi connectivity index (χ4v) is 2.53. The van der Waals surface area contributed by atoms with Crippen molar-refractivity contribution in [1.29, 1.82) is 0 Å². The van der Waals surface area contributed by atoms with Crippen LogP contribution in [0.25, 0.3) is 16.7 Å². The van der Waals surface area contributed by atoms with E-state index in [2.05, 4.69) is 16.5 Å². The quantitative estimate of drug-likeness (QED) is 0.752. The molecule has 0 saturated heterocycles. The predicted octanol–water partition coefficient (Wildman–Crippen LogP) is 2.11. The minimum absolute atomic E-state index is 0.319. The van der Waals surface area contributed by atoms with Gasteiger partial charge in [-0.1, -0.05) is 24.3 Å². The first kappa shape index (κ1) is 14.0. The van der Waals surface area contributed by atoms with Crippen LogP contribution in [0.5, 0.6) is 0 Å². The molecule has 1 aromatic carbocycles. The van der Waals surface area contributed by atoms with Gasteiger partial charge in [0.15, 0.2) is 0 Å². The highest BCUT2D eigenvalue weighted by molar-refractivity contribution is 5.77. The van der Waals surface area contributed by atoms with Gasteiger partial charge in [0.1, 0.15) is 5.65 Å². The number of nitrogens with one attached hydrogen (secondary N) is 1. The normalized spacial score (nSPS) is 10.8. The standard InChI is InChI=1S/C17H15N3O2/c1-3-7-12-10-11(2)14-15(18-12)19-17(22)20(16(14)21)13-8-5-4-6-9-13/h3-6,8-10H,1,7H2,2H3,(H,18,19,22). The Morgan fingerprint density at radius 1 is 1.27 bits per heavy atom. The molecule has 0 unspecified atom stereocenters. The molecule has 0 saturated carbocycles. The minimum Gasteiger partial charge on any atom is -0.291 e. The lowest BCUT2D eigenvalue weighted by atomic mass is 10.1. The van der Waals surface area contributed by atoms with Crippen LogP contribution in [0.2, 0.25) is 0 Å². The number of allylic oxidation sites excluding steroid dienone is 1. The number of rotatable bonds is 3. The van der Waals surface area contributed by atoms with Gasteiger partial charge in [0.25, 0.3) is 5.56 Å².